The van der Waals surface area contributed by atoms with Crippen LogP contribution in [0.2, 0.25) is 5.02 Å². The van der Waals surface area contributed by atoms with Crippen LogP contribution in [0.3, 0.4) is 0 Å². The van der Waals surface area contributed by atoms with Crippen LogP contribution in [0.4, 0.5) is 4.39 Å². The molecule has 1 unspecified atom stereocenters. The van der Waals surface area contributed by atoms with Gasteiger partial charge in [0.05, 0.1) is 5.02 Å². The third-order valence-corrected chi connectivity index (χ3v) is 3.88. The van der Waals surface area contributed by atoms with Crippen molar-refractivity contribution in [1.82, 2.24) is 5.32 Å². The lowest BCUT2D eigenvalue weighted by molar-refractivity contribution is -0.154. The zero-order valence-corrected chi connectivity index (χ0v) is 11.7. The van der Waals surface area contributed by atoms with Crippen molar-refractivity contribution in [2.75, 3.05) is 0 Å². The Labute approximate surface area is 120 Å². The Hall–Kier alpha value is -1.62. The van der Waals surface area contributed by atoms with Crippen LogP contribution < -0.4 is 5.32 Å². The van der Waals surface area contributed by atoms with Crippen molar-refractivity contribution in [3.05, 3.63) is 34.6 Å². The number of benzene rings is 1. The standard InChI is InChI=1S/C14H15ClFNO3/c1-14(13(19)20,12(18)17-9-5-6-9)7-8-3-2-4-10(16)11(8)15/h2-4,9H,5-7H2,1H3,(H,17,18)(H,19,20). The van der Waals surface area contributed by atoms with Crippen LogP contribution in [-0.2, 0) is 16.0 Å². The van der Waals surface area contributed by atoms with E-state index >= 15 is 0 Å². The van der Waals surface area contributed by atoms with Gasteiger partial charge in [-0.3, -0.25) is 9.59 Å². The molecule has 1 atom stereocenters. The smallest absolute Gasteiger partial charge is 0.319 e. The minimum atomic E-state index is -1.67. The van der Waals surface area contributed by atoms with E-state index in [1.165, 1.54) is 25.1 Å². The first-order chi connectivity index (χ1) is 9.34. The fourth-order valence-electron chi connectivity index (χ4n) is 1.89. The summed E-state index contributed by atoms with van der Waals surface area (Å²) in [5.41, 5.74) is -1.36. The van der Waals surface area contributed by atoms with E-state index in [2.05, 4.69) is 5.32 Å². The number of halogens is 2. The molecule has 6 heteroatoms. The summed E-state index contributed by atoms with van der Waals surface area (Å²) in [7, 11) is 0. The molecule has 2 rings (SSSR count). The number of amides is 1. The van der Waals surface area contributed by atoms with E-state index in [1.807, 2.05) is 0 Å². The maximum atomic E-state index is 13.4. The summed E-state index contributed by atoms with van der Waals surface area (Å²) in [5, 5.41) is 11.9. The highest BCUT2D eigenvalue weighted by molar-refractivity contribution is 6.31. The van der Waals surface area contributed by atoms with Gasteiger partial charge in [-0.05, 0) is 37.8 Å². The number of carbonyl (C=O) groups is 2. The van der Waals surface area contributed by atoms with Crippen LogP contribution in [-0.4, -0.2) is 23.0 Å². The van der Waals surface area contributed by atoms with Crippen molar-refractivity contribution < 1.29 is 19.1 Å². The number of hydrogen-bond donors (Lipinski definition) is 2. The molecule has 0 radical (unpaired) electrons. The second kappa shape index (κ2) is 5.40. The molecule has 1 aliphatic rings. The Morgan fingerprint density at radius 2 is 2.15 bits per heavy atom. The second-order valence-electron chi connectivity index (χ2n) is 5.27. The van der Waals surface area contributed by atoms with Gasteiger partial charge in [0.1, 0.15) is 11.2 Å². The fraction of sp³-hybridized carbons (Fsp3) is 0.429. The summed E-state index contributed by atoms with van der Waals surface area (Å²) in [5.74, 6) is -2.44. The summed E-state index contributed by atoms with van der Waals surface area (Å²) in [6.07, 6.45) is 1.57. The highest BCUT2D eigenvalue weighted by Gasteiger charge is 2.43. The average Bonchev–Trinajstić information content (AvgIpc) is 3.18. The molecule has 0 aromatic heterocycles. The molecular formula is C14H15ClFNO3. The molecule has 1 aliphatic carbocycles. The predicted molar refractivity (Wildman–Crippen MR) is 72.0 cm³/mol. The van der Waals surface area contributed by atoms with Gasteiger partial charge in [0.15, 0.2) is 0 Å². The summed E-state index contributed by atoms with van der Waals surface area (Å²) in [6.45, 7) is 1.33. The van der Waals surface area contributed by atoms with Crippen molar-refractivity contribution in [1.29, 1.82) is 0 Å². The van der Waals surface area contributed by atoms with Crippen molar-refractivity contribution in [2.24, 2.45) is 5.41 Å². The molecule has 20 heavy (non-hydrogen) atoms. The summed E-state index contributed by atoms with van der Waals surface area (Å²) in [6, 6.07) is 4.21. The number of hydrogen-bond acceptors (Lipinski definition) is 2. The highest BCUT2D eigenvalue weighted by atomic mass is 35.5. The Morgan fingerprint density at radius 1 is 1.50 bits per heavy atom. The predicted octanol–water partition coefficient (Wildman–Crippen LogP) is 2.39. The number of aliphatic carboxylic acids is 1. The zero-order valence-electron chi connectivity index (χ0n) is 11.0. The van der Waals surface area contributed by atoms with E-state index in [9.17, 15) is 19.1 Å². The minimum Gasteiger partial charge on any atom is -0.480 e. The molecule has 0 saturated heterocycles. The molecule has 1 fully saturated rings. The fourth-order valence-corrected chi connectivity index (χ4v) is 2.08. The Balaban J connectivity index is 2.26. The third kappa shape index (κ3) is 2.93. The van der Waals surface area contributed by atoms with Gasteiger partial charge in [0.25, 0.3) is 0 Å². The van der Waals surface area contributed by atoms with E-state index in [0.717, 1.165) is 12.8 Å². The SMILES string of the molecule is CC(Cc1cccc(F)c1Cl)(C(=O)O)C(=O)NC1CC1. The molecule has 1 saturated carbocycles. The maximum Gasteiger partial charge on any atom is 0.319 e. The van der Waals surface area contributed by atoms with E-state index in [0.29, 0.717) is 5.56 Å². The first-order valence-electron chi connectivity index (χ1n) is 6.32. The lowest BCUT2D eigenvalue weighted by Gasteiger charge is -2.24. The van der Waals surface area contributed by atoms with Crippen molar-refractivity contribution in [3.63, 3.8) is 0 Å². The van der Waals surface area contributed by atoms with Gasteiger partial charge in [-0.2, -0.15) is 0 Å². The number of carbonyl (C=O) groups excluding carboxylic acids is 1. The normalized spacial score (nSPS) is 17.4. The number of nitrogens with one attached hydrogen (secondary N) is 1. The van der Waals surface area contributed by atoms with Gasteiger partial charge in [-0.25, -0.2) is 4.39 Å². The Bertz CT molecular complexity index is 559. The van der Waals surface area contributed by atoms with E-state index in [4.69, 9.17) is 11.6 Å². The lowest BCUT2D eigenvalue weighted by Crippen LogP contribution is -2.46. The lowest BCUT2D eigenvalue weighted by atomic mass is 9.82. The molecule has 0 bridgehead atoms. The molecule has 0 heterocycles. The van der Waals surface area contributed by atoms with Crippen LogP contribution >= 0.6 is 11.6 Å². The van der Waals surface area contributed by atoms with Crippen molar-refractivity contribution in [3.8, 4) is 0 Å². The van der Waals surface area contributed by atoms with Crippen molar-refractivity contribution >= 4 is 23.5 Å². The number of rotatable bonds is 5. The van der Waals surface area contributed by atoms with Crippen LogP contribution in [0.5, 0.6) is 0 Å². The maximum absolute atomic E-state index is 13.4. The second-order valence-corrected chi connectivity index (χ2v) is 5.65. The quantitative estimate of drug-likeness (QED) is 0.820. The summed E-state index contributed by atoms with van der Waals surface area (Å²) in [4.78, 5) is 23.6. The number of carboxylic acid groups (broad SMARTS) is 1. The number of carboxylic acids is 1. The van der Waals surface area contributed by atoms with Crippen molar-refractivity contribution in [2.45, 2.75) is 32.2 Å². The van der Waals surface area contributed by atoms with Crippen LogP contribution in [0, 0.1) is 11.2 Å². The monoisotopic (exact) mass is 299 g/mol. The molecular weight excluding hydrogens is 285 g/mol. The van der Waals surface area contributed by atoms with E-state index in [-0.39, 0.29) is 17.5 Å². The largest absolute Gasteiger partial charge is 0.480 e. The molecule has 1 aromatic carbocycles. The van der Waals surface area contributed by atoms with Gasteiger partial charge in [0.2, 0.25) is 5.91 Å². The third-order valence-electron chi connectivity index (χ3n) is 3.46. The molecule has 1 aromatic rings. The first-order valence-corrected chi connectivity index (χ1v) is 6.69. The first kappa shape index (κ1) is 14.8. The van der Waals surface area contributed by atoms with Gasteiger partial charge < -0.3 is 10.4 Å². The molecule has 2 N–H and O–H groups in total. The highest BCUT2D eigenvalue weighted by Crippen LogP contribution is 2.30. The average molecular weight is 300 g/mol. The van der Waals surface area contributed by atoms with Gasteiger partial charge >= 0.3 is 5.97 Å². The molecule has 0 aliphatic heterocycles. The van der Waals surface area contributed by atoms with E-state index in [1.54, 1.807) is 0 Å². The van der Waals surface area contributed by atoms with Gasteiger partial charge in [-0.15, -0.1) is 0 Å². The summed E-state index contributed by atoms with van der Waals surface area (Å²) < 4.78 is 13.4. The Kier molecular flexibility index (Phi) is 3.99. The van der Waals surface area contributed by atoms with Gasteiger partial charge in [-0.1, -0.05) is 23.7 Å². The molecule has 1 amide bonds. The summed E-state index contributed by atoms with van der Waals surface area (Å²) >= 11 is 5.83. The van der Waals surface area contributed by atoms with Crippen LogP contribution in [0.25, 0.3) is 0 Å². The molecule has 108 valence electrons. The molecule has 4 nitrogen and oxygen atoms in total. The van der Waals surface area contributed by atoms with Crippen LogP contribution in [0.1, 0.15) is 25.3 Å². The Morgan fingerprint density at radius 3 is 2.70 bits per heavy atom. The zero-order chi connectivity index (χ0) is 14.9. The van der Waals surface area contributed by atoms with Gasteiger partial charge in [0, 0.05) is 6.04 Å². The topological polar surface area (TPSA) is 66.4 Å². The van der Waals surface area contributed by atoms with E-state index < -0.39 is 23.1 Å². The minimum absolute atomic E-state index is 0.0594. The molecule has 0 spiro atoms. The van der Waals surface area contributed by atoms with Crippen LogP contribution in [0.15, 0.2) is 18.2 Å².